The van der Waals surface area contributed by atoms with Crippen LogP contribution in [-0.4, -0.2) is 37.4 Å². The third kappa shape index (κ3) is 3.27. The molecule has 114 valence electrons. The Bertz CT molecular complexity index is 482. The third-order valence-electron chi connectivity index (χ3n) is 4.88. The van der Waals surface area contributed by atoms with E-state index in [1.165, 1.54) is 5.56 Å². The molecule has 1 heterocycles. The maximum atomic E-state index is 12.3. The van der Waals surface area contributed by atoms with E-state index in [4.69, 9.17) is 4.74 Å². The maximum Gasteiger partial charge on any atom is 0.223 e. The lowest BCUT2D eigenvalue weighted by molar-refractivity contribution is -0.123. The molecule has 0 bridgehead atoms. The van der Waals surface area contributed by atoms with Crippen molar-refractivity contribution >= 4 is 5.91 Å². The second-order valence-corrected chi connectivity index (χ2v) is 6.35. The van der Waals surface area contributed by atoms with E-state index < -0.39 is 0 Å². The largest absolute Gasteiger partial charge is 0.396 e. The fourth-order valence-corrected chi connectivity index (χ4v) is 3.15. The molecule has 3 rings (SSSR count). The highest BCUT2D eigenvalue weighted by Crippen LogP contribution is 2.47. The summed E-state index contributed by atoms with van der Waals surface area (Å²) < 4.78 is 5.34. The number of benzene rings is 1. The predicted octanol–water partition coefficient (Wildman–Crippen LogP) is 1.70. The van der Waals surface area contributed by atoms with Gasteiger partial charge in [-0.1, -0.05) is 30.3 Å². The van der Waals surface area contributed by atoms with Gasteiger partial charge in [-0.3, -0.25) is 4.79 Å². The van der Waals surface area contributed by atoms with Crippen LogP contribution in [0.25, 0.3) is 0 Å². The number of ether oxygens (including phenoxy) is 1. The number of rotatable bonds is 5. The Hall–Kier alpha value is -1.39. The number of amides is 1. The zero-order valence-electron chi connectivity index (χ0n) is 12.3. The molecule has 1 aromatic carbocycles. The molecule has 1 aliphatic heterocycles. The van der Waals surface area contributed by atoms with Gasteiger partial charge in [-0.05, 0) is 30.7 Å². The summed E-state index contributed by atoms with van der Waals surface area (Å²) in [5, 5.41) is 12.7. The lowest BCUT2D eigenvalue weighted by Crippen LogP contribution is -2.44. The zero-order valence-corrected chi connectivity index (χ0v) is 12.3. The van der Waals surface area contributed by atoms with Crippen molar-refractivity contribution in [1.29, 1.82) is 0 Å². The fourth-order valence-electron chi connectivity index (χ4n) is 3.15. The average molecular weight is 289 g/mol. The first-order valence-corrected chi connectivity index (χ1v) is 7.75. The minimum atomic E-state index is -0.189. The summed E-state index contributed by atoms with van der Waals surface area (Å²) >= 11 is 0. The molecule has 2 unspecified atom stereocenters. The van der Waals surface area contributed by atoms with E-state index in [9.17, 15) is 9.90 Å². The fraction of sp³-hybridized carbons (Fsp3) is 0.588. The van der Waals surface area contributed by atoms with Crippen molar-refractivity contribution in [1.82, 2.24) is 5.32 Å². The molecular formula is C17H23NO3. The molecule has 1 saturated carbocycles. The standard InChI is InChI=1S/C17H23NO3/c19-12-17(6-8-21-9-7-17)11-18-16(20)15-10-14(15)13-4-2-1-3-5-13/h1-5,14-15,19H,6-12H2,(H,18,20). The van der Waals surface area contributed by atoms with Crippen LogP contribution in [-0.2, 0) is 9.53 Å². The van der Waals surface area contributed by atoms with E-state index in [0.717, 1.165) is 19.3 Å². The second kappa shape index (κ2) is 6.16. The second-order valence-electron chi connectivity index (χ2n) is 6.35. The van der Waals surface area contributed by atoms with Gasteiger partial charge in [0.15, 0.2) is 0 Å². The highest BCUT2D eigenvalue weighted by Gasteiger charge is 2.44. The van der Waals surface area contributed by atoms with Crippen molar-refractivity contribution in [3.05, 3.63) is 35.9 Å². The monoisotopic (exact) mass is 289 g/mol. The predicted molar refractivity (Wildman–Crippen MR) is 79.9 cm³/mol. The molecule has 0 radical (unpaired) electrons. The number of carbonyl (C=O) groups is 1. The summed E-state index contributed by atoms with van der Waals surface area (Å²) in [5.41, 5.74) is 1.06. The molecule has 0 spiro atoms. The molecule has 2 fully saturated rings. The summed E-state index contributed by atoms with van der Waals surface area (Å²) in [6.07, 6.45) is 2.57. The Kier molecular flexibility index (Phi) is 4.27. The Morgan fingerprint density at radius 3 is 2.67 bits per heavy atom. The third-order valence-corrected chi connectivity index (χ3v) is 4.88. The van der Waals surface area contributed by atoms with Crippen LogP contribution in [0.4, 0.5) is 0 Å². The molecule has 4 heteroatoms. The van der Waals surface area contributed by atoms with Gasteiger partial charge in [0.05, 0.1) is 6.61 Å². The summed E-state index contributed by atoms with van der Waals surface area (Å²) in [6, 6.07) is 10.2. The van der Waals surface area contributed by atoms with Gasteiger partial charge >= 0.3 is 0 Å². The van der Waals surface area contributed by atoms with Crippen molar-refractivity contribution in [3.8, 4) is 0 Å². The Balaban J connectivity index is 1.51. The molecule has 1 amide bonds. The van der Waals surface area contributed by atoms with Gasteiger partial charge in [0.25, 0.3) is 0 Å². The number of aliphatic hydroxyl groups excluding tert-OH is 1. The van der Waals surface area contributed by atoms with Crippen molar-refractivity contribution in [2.45, 2.75) is 25.2 Å². The molecule has 21 heavy (non-hydrogen) atoms. The SMILES string of the molecule is O=C(NCC1(CO)CCOCC1)C1CC1c1ccccc1. The van der Waals surface area contributed by atoms with E-state index in [1.807, 2.05) is 18.2 Å². The van der Waals surface area contributed by atoms with Gasteiger partial charge in [-0.15, -0.1) is 0 Å². The van der Waals surface area contributed by atoms with Crippen LogP contribution in [0.1, 0.15) is 30.7 Å². The molecule has 2 N–H and O–H groups in total. The number of nitrogens with one attached hydrogen (secondary N) is 1. The lowest BCUT2D eigenvalue weighted by Gasteiger charge is -2.35. The molecule has 1 aliphatic carbocycles. The van der Waals surface area contributed by atoms with E-state index in [0.29, 0.717) is 25.7 Å². The summed E-state index contributed by atoms with van der Waals surface area (Å²) in [5.74, 6) is 0.595. The minimum Gasteiger partial charge on any atom is -0.396 e. The Morgan fingerprint density at radius 1 is 1.29 bits per heavy atom. The van der Waals surface area contributed by atoms with Crippen molar-refractivity contribution < 1.29 is 14.6 Å². The number of hydrogen-bond donors (Lipinski definition) is 2. The first-order chi connectivity index (χ1) is 10.2. The topological polar surface area (TPSA) is 58.6 Å². The van der Waals surface area contributed by atoms with Crippen LogP contribution in [0.3, 0.4) is 0 Å². The first-order valence-electron chi connectivity index (χ1n) is 7.75. The molecule has 2 aliphatic rings. The summed E-state index contributed by atoms with van der Waals surface area (Å²) in [7, 11) is 0. The molecule has 4 nitrogen and oxygen atoms in total. The lowest BCUT2D eigenvalue weighted by atomic mass is 9.81. The quantitative estimate of drug-likeness (QED) is 0.867. The van der Waals surface area contributed by atoms with Crippen LogP contribution in [0.2, 0.25) is 0 Å². The van der Waals surface area contributed by atoms with Crippen LogP contribution in [0, 0.1) is 11.3 Å². The molecule has 2 atom stereocenters. The summed E-state index contributed by atoms with van der Waals surface area (Å²) in [6.45, 7) is 2.02. The highest BCUT2D eigenvalue weighted by molar-refractivity contribution is 5.82. The van der Waals surface area contributed by atoms with Crippen LogP contribution < -0.4 is 5.32 Å². The summed E-state index contributed by atoms with van der Waals surface area (Å²) in [4.78, 5) is 12.3. The number of aliphatic hydroxyl groups is 1. The van der Waals surface area contributed by atoms with Gasteiger partial charge in [-0.25, -0.2) is 0 Å². The van der Waals surface area contributed by atoms with Crippen molar-refractivity contribution in [2.75, 3.05) is 26.4 Å². The van der Waals surface area contributed by atoms with Crippen molar-refractivity contribution in [3.63, 3.8) is 0 Å². The van der Waals surface area contributed by atoms with Gasteiger partial charge in [-0.2, -0.15) is 0 Å². The average Bonchev–Trinajstić information content (AvgIpc) is 3.35. The van der Waals surface area contributed by atoms with E-state index in [2.05, 4.69) is 17.4 Å². The van der Waals surface area contributed by atoms with Crippen LogP contribution in [0.15, 0.2) is 30.3 Å². The van der Waals surface area contributed by atoms with Gasteiger partial charge in [0.1, 0.15) is 0 Å². The molecule has 1 saturated heterocycles. The minimum absolute atomic E-state index is 0.1000. The van der Waals surface area contributed by atoms with E-state index in [1.54, 1.807) is 0 Å². The van der Waals surface area contributed by atoms with Gasteiger partial charge in [0, 0.05) is 31.1 Å². The van der Waals surface area contributed by atoms with Crippen LogP contribution >= 0.6 is 0 Å². The Morgan fingerprint density at radius 2 is 2.00 bits per heavy atom. The smallest absolute Gasteiger partial charge is 0.223 e. The maximum absolute atomic E-state index is 12.3. The van der Waals surface area contributed by atoms with Crippen LogP contribution in [0.5, 0.6) is 0 Å². The van der Waals surface area contributed by atoms with E-state index >= 15 is 0 Å². The Labute approximate surface area is 125 Å². The van der Waals surface area contributed by atoms with Crippen molar-refractivity contribution in [2.24, 2.45) is 11.3 Å². The van der Waals surface area contributed by atoms with Gasteiger partial charge in [0.2, 0.25) is 5.91 Å². The molecular weight excluding hydrogens is 266 g/mol. The van der Waals surface area contributed by atoms with Gasteiger partial charge < -0.3 is 15.2 Å². The normalized spacial score (nSPS) is 27.1. The number of hydrogen-bond acceptors (Lipinski definition) is 3. The molecule has 1 aromatic rings. The zero-order chi connectivity index (χ0) is 14.7. The highest BCUT2D eigenvalue weighted by atomic mass is 16.5. The van der Waals surface area contributed by atoms with E-state index in [-0.39, 0.29) is 23.8 Å². The first kappa shape index (κ1) is 14.5. The molecule has 0 aromatic heterocycles. The number of carbonyl (C=O) groups excluding carboxylic acids is 1.